The second-order valence-electron chi connectivity index (χ2n) is 5.18. The van der Waals surface area contributed by atoms with Crippen LogP contribution in [0.2, 0.25) is 5.02 Å². The lowest BCUT2D eigenvalue weighted by atomic mass is 10.1. The van der Waals surface area contributed by atoms with Gasteiger partial charge in [0.1, 0.15) is 0 Å². The first-order valence-corrected chi connectivity index (χ1v) is 8.21. The second kappa shape index (κ2) is 5.71. The fourth-order valence-electron chi connectivity index (χ4n) is 2.44. The van der Waals surface area contributed by atoms with Gasteiger partial charge in [-0.3, -0.25) is 0 Å². The van der Waals surface area contributed by atoms with E-state index in [0.29, 0.717) is 5.92 Å². The first kappa shape index (κ1) is 15.3. The molecule has 0 aliphatic heterocycles. The third-order valence-electron chi connectivity index (χ3n) is 3.50. The lowest BCUT2D eigenvalue weighted by molar-refractivity contribution is 0.0697. The molecule has 2 N–H and O–H groups in total. The molecule has 20 heavy (non-hydrogen) atoms. The number of benzene rings is 1. The second-order valence-corrected chi connectivity index (χ2v) is 7.30. The Kier molecular flexibility index (Phi) is 4.36. The number of carbonyl (C=O) groups is 1. The van der Waals surface area contributed by atoms with Crippen molar-refractivity contribution >= 4 is 27.6 Å². The summed E-state index contributed by atoms with van der Waals surface area (Å²) in [6.45, 7) is 2.08. The Morgan fingerprint density at radius 1 is 1.40 bits per heavy atom. The van der Waals surface area contributed by atoms with E-state index in [0.717, 1.165) is 25.3 Å². The summed E-state index contributed by atoms with van der Waals surface area (Å²) in [5.41, 5.74) is -0.214. The Hall–Kier alpha value is -1.11. The van der Waals surface area contributed by atoms with Gasteiger partial charge in [-0.2, -0.15) is 0 Å². The predicted molar refractivity (Wildman–Crippen MR) is 75.5 cm³/mol. The molecule has 1 aromatic carbocycles. The highest BCUT2D eigenvalue weighted by atomic mass is 35.5. The van der Waals surface area contributed by atoms with Gasteiger partial charge in [-0.15, -0.1) is 0 Å². The van der Waals surface area contributed by atoms with Crippen molar-refractivity contribution in [1.29, 1.82) is 0 Å². The fourth-order valence-corrected chi connectivity index (χ4v) is 3.94. The number of carboxylic acid groups (broad SMARTS) is 1. The first-order valence-electron chi connectivity index (χ1n) is 6.35. The minimum absolute atomic E-state index is 0.0194. The summed E-state index contributed by atoms with van der Waals surface area (Å²) in [5, 5.41) is 8.99. The minimum atomic E-state index is -3.71. The molecule has 2 unspecified atom stereocenters. The molecule has 0 amide bonds. The Morgan fingerprint density at radius 3 is 2.65 bits per heavy atom. The topological polar surface area (TPSA) is 83.5 Å². The summed E-state index contributed by atoms with van der Waals surface area (Å²) >= 11 is 5.73. The standard InChI is InChI=1S/C13H16ClNO4S/c1-8-2-3-9(6-8)15-20(18,19)10-4-5-12(14)11(7-10)13(16)17/h4-5,7-9,15H,2-3,6H2,1H3,(H,16,17). The normalized spacial score (nSPS) is 22.9. The zero-order chi connectivity index (χ0) is 14.9. The van der Waals surface area contributed by atoms with Gasteiger partial charge in [0.15, 0.2) is 0 Å². The average Bonchev–Trinajstić information content (AvgIpc) is 2.73. The van der Waals surface area contributed by atoms with Gasteiger partial charge < -0.3 is 5.11 Å². The molecule has 1 aliphatic carbocycles. The van der Waals surface area contributed by atoms with Crippen LogP contribution in [0.4, 0.5) is 0 Å². The minimum Gasteiger partial charge on any atom is -0.478 e. The maximum atomic E-state index is 12.2. The lowest BCUT2D eigenvalue weighted by Gasteiger charge is -2.13. The van der Waals surface area contributed by atoms with Crippen LogP contribution in [0.15, 0.2) is 23.1 Å². The molecular weight excluding hydrogens is 302 g/mol. The molecular formula is C13H16ClNO4S. The van der Waals surface area contributed by atoms with Crippen molar-refractivity contribution in [3.63, 3.8) is 0 Å². The molecule has 1 saturated carbocycles. The summed E-state index contributed by atoms with van der Waals surface area (Å²) in [4.78, 5) is 10.9. The van der Waals surface area contributed by atoms with Crippen LogP contribution < -0.4 is 4.72 Å². The zero-order valence-corrected chi connectivity index (χ0v) is 12.5. The van der Waals surface area contributed by atoms with Crippen molar-refractivity contribution in [3.05, 3.63) is 28.8 Å². The van der Waals surface area contributed by atoms with Gasteiger partial charge in [0.05, 0.1) is 15.5 Å². The average molecular weight is 318 g/mol. The Balaban J connectivity index is 2.25. The largest absolute Gasteiger partial charge is 0.478 e. The van der Waals surface area contributed by atoms with Crippen molar-refractivity contribution in [1.82, 2.24) is 4.72 Å². The van der Waals surface area contributed by atoms with E-state index in [1.807, 2.05) is 0 Å². The van der Waals surface area contributed by atoms with Gasteiger partial charge in [-0.25, -0.2) is 17.9 Å². The van der Waals surface area contributed by atoms with Gasteiger partial charge in [-0.05, 0) is 43.4 Å². The Bertz CT molecular complexity index is 629. The Labute approximate surface area is 123 Å². The van der Waals surface area contributed by atoms with Crippen LogP contribution in [-0.4, -0.2) is 25.5 Å². The molecule has 1 fully saturated rings. The number of rotatable bonds is 4. The lowest BCUT2D eigenvalue weighted by Crippen LogP contribution is -2.33. The van der Waals surface area contributed by atoms with Crippen molar-refractivity contribution in [2.75, 3.05) is 0 Å². The molecule has 7 heteroatoms. The SMILES string of the molecule is CC1CCC(NS(=O)(=O)c2ccc(Cl)c(C(=O)O)c2)C1. The summed E-state index contributed by atoms with van der Waals surface area (Å²) in [5.74, 6) is -0.746. The van der Waals surface area contributed by atoms with Crippen LogP contribution in [0.1, 0.15) is 36.5 Å². The van der Waals surface area contributed by atoms with Crippen molar-refractivity contribution in [2.45, 2.75) is 37.1 Å². The van der Waals surface area contributed by atoms with E-state index in [1.165, 1.54) is 12.1 Å². The third kappa shape index (κ3) is 3.31. The number of nitrogens with one attached hydrogen (secondary N) is 1. The van der Waals surface area contributed by atoms with Crippen LogP contribution in [0.5, 0.6) is 0 Å². The van der Waals surface area contributed by atoms with E-state index in [9.17, 15) is 13.2 Å². The van der Waals surface area contributed by atoms with Crippen LogP contribution in [0.3, 0.4) is 0 Å². The van der Waals surface area contributed by atoms with Crippen molar-refractivity contribution in [3.8, 4) is 0 Å². The van der Waals surface area contributed by atoms with Gasteiger partial charge >= 0.3 is 5.97 Å². The number of hydrogen-bond acceptors (Lipinski definition) is 3. The molecule has 1 aliphatic rings. The summed E-state index contributed by atoms with van der Waals surface area (Å²) in [6.07, 6.45) is 2.60. The highest BCUT2D eigenvalue weighted by molar-refractivity contribution is 7.89. The molecule has 0 bridgehead atoms. The van der Waals surface area contributed by atoms with E-state index in [2.05, 4.69) is 11.6 Å². The number of carboxylic acids is 1. The smallest absolute Gasteiger partial charge is 0.337 e. The summed E-state index contributed by atoms with van der Waals surface area (Å²) in [7, 11) is -3.71. The third-order valence-corrected chi connectivity index (χ3v) is 5.34. The predicted octanol–water partition coefficient (Wildman–Crippen LogP) is 2.51. The van der Waals surface area contributed by atoms with Crippen molar-refractivity contribution < 1.29 is 18.3 Å². The number of aromatic carboxylic acids is 1. The molecule has 0 saturated heterocycles. The van der Waals surface area contributed by atoms with Crippen LogP contribution in [0, 0.1) is 5.92 Å². The van der Waals surface area contributed by atoms with Crippen LogP contribution in [-0.2, 0) is 10.0 Å². The molecule has 1 aromatic rings. The van der Waals surface area contributed by atoms with Crippen molar-refractivity contribution in [2.24, 2.45) is 5.92 Å². The van der Waals surface area contributed by atoms with Crippen LogP contribution >= 0.6 is 11.6 Å². The zero-order valence-electron chi connectivity index (χ0n) is 11.0. The van der Waals surface area contributed by atoms with Gasteiger partial charge in [0.25, 0.3) is 0 Å². The first-order chi connectivity index (χ1) is 9.29. The highest BCUT2D eigenvalue weighted by Crippen LogP contribution is 2.27. The number of sulfonamides is 1. The molecule has 0 aromatic heterocycles. The number of hydrogen-bond donors (Lipinski definition) is 2. The maximum absolute atomic E-state index is 12.2. The van der Waals surface area contributed by atoms with Gasteiger partial charge in [0, 0.05) is 6.04 Å². The molecule has 2 atom stereocenters. The van der Waals surface area contributed by atoms with Crippen LogP contribution in [0.25, 0.3) is 0 Å². The molecule has 0 spiro atoms. The molecule has 0 radical (unpaired) electrons. The van der Waals surface area contributed by atoms with Gasteiger partial charge in [-0.1, -0.05) is 18.5 Å². The van der Waals surface area contributed by atoms with E-state index in [-0.39, 0.29) is 21.5 Å². The summed E-state index contributed by atoms with van der Waals surface area (Å²) in [6, 6.07) is 3.61. The molecule has 5 nitrogen and oxygen atoms in total. The van der Waals surface area contributed by atoms with Gasteiger partial charge in [0.2, 0.25) is 10.0 Å². The van der Waals surface area contributed by atoms with E-state index < -0.39 is 16.0 Å². The molecule has 110 valence electrons. The van der Waals surface area contributed by atoms with E-state index in [1.54, 1.807) is 0 Å². The fraction of sp³-hybridized carbons (Fsp3) is 0.462. The highest BCUT2D eigenvalue weighted by Gasteiger charge is 2.27. The molecule has 2 rings (SSSR count). The number of halogens is 1. The summed E-state index contributed by atoms with van der Waals surface area (Å²) < 4.78 is 27.1. The Morgan fingerprint density at radius 2 is 2.10 bits per heavy atom. The monoisotopic (exact) mass is 317 g/mol. The van der Waals surface area contributed by atoms with E-state index >= 15 is 0 Å². The maximum Gasteiger partial charge on any atom is 0.337 e. The quantitative estimate of drug-likeness (QED) is 0.893. The molecule has 0 heterocycles. The van der Waals surface area contributed by atoms with E-state index in [4.69, 9.17) is 16.7 Å².